The van der Waals surface area contributed by atoms with Crippen molar-refractivity contribution >= 4 is 44.0 Å². The molecule has 7 heteroatoms. The Labute approximate surface area is 320 Å². The van der Waals surface area contributed by atoms with Gasteiger partial charge >= 0.3 is 0 Å². The van der Waals surface area contributed by atoms with Crippen molar-refractivity contribution < 1.29 is 8.83 Å². The molecule has 0 amide bonds. The number of benzene rings is 7. The van der Waals surface area contributed by atoms with E-state index in [2.05, 4.69) is 42.5 Å². The smallest absolute Gasteiger partial charge is 0.180 e. The van der Waals surface area contributed by atoms with Crippen LogP contribution in [0, 0.1) is 0 Å². The van der Waals surface area contributed by atoms with Crippen molar-refractivity contribution in [2.75, 3.05) is 0 Å². The zero-order chi connectivity index (χ0) is 37.0. The van der Waals surface area contributed by atoms with E-state index in [9.17, 15) is 0 Å². The second-order valence-corrected chi connectivity index (χ2v) is 13.6. The van der Waals surface area contributed by atoms with Gasteiger partial charge in [-0.15, -0.1) is 0 Å². The normalized spacial score (nSPS) is 11.6. The molecule has 0 aliphatic heterocycles. The van der Waals surface area contributed by atoms with Crippen molar-refractivity contribution in [3.05, 3.63) is 176 Å². The SMILES string of the molecule is c1ccc(-c2nc(-c3ccccc3)nc(-c3cccc4oc5cc(-c6cccc(-c7nc(-c8ccccc8)c8oc9ccccc9c8n7)c6)ccc5c34)n2)cc1. The zero-order valence-electron chi connectivity index (χ0n) is 29.8. The van der Waals surface area contributed by atoms with E-state index in [1.807, 2.05) is 133 Å². The highest BCUT2D eigenvalue weighted by Crippen LogP contribution is 2.40. The fourth-order valence-electron chi connectivity index (χ4n) is 7.47. The number of rotatable bonds is 6. The summed E-state index contributed by atoms with van der Waals surface area (Å²) in [5.74, 6) is 2.43. The molecule has 11 rings (SSSR count). The number of hydrogen-bond donors (Lipinski definition) is 0. The molecule has 0 bridgehead atoms. The van der Waals surface area contributed by atoms with Crippen LogP contribution in [-0.2, 0) is 0 Å². The zero-order valence-corrected chi connectivity index (χ0v) is 29.8. The molecule has 4 heterocycles. The molecule has 0 aliphatic carbocycles. The van der Waals surface area contributed by atoms with Gasteiger partial charge in [0.05, 0.1) is 0 Å². The predicted octanol–water partition coefficient (Wildman–Crippen LogP) is 12.5. The van der Waals surface area contributed by atoms with Gasteiger partial charge in [-0.1, -0.05) is 140 Å². The Balaban J connectivity index is 1.03. The van der Waals surface area contributed by atoms with Crippen molar-refractivity contribution in [2.24, 2.45) is 0 Å². The number of aromatic nitrogens is 5. The highest BCUT2D eigenvalue weighted by molar-refractivity contribution is 6.12. The lowest BCUT2D eigenvalue weighted by molar-refractivity contribution is 0.667. The molecule has 7 nitrogen and oxygen atoms in total. The van der Waals surface area contributed by atoms with Crippen LogP contribution >= 0.6 is 0 Å². The first-order valence-corrected chi connectivity index (χ1v) is 18.4. The van der Waals surface area contributed by atoms with E-state index in [4.69, 9.17) is 33.8 Å². The van der Waals surface area contributed by atoms with Gasteiger partial charge in [0.1, 0.15) is 28.0 Å². The molecule has 0 unspecified atom stereocenters. The summed E-state index contributed by atoms with van der Waals surface area (Å²) in [5.41, 5.74) is 11.2. The molecule has 4 aromatic heterocycles. The van der Waals surface area contributed by atoms with Crippen LogP contribution in [0.15, 0.2) is 185 Å². The number of fused-ring (bicyclic) bond motifs is 6. The van der Waals surface area contributed by atoms with E-state index in [1.165, 1.54) is 0 Å². The third-order valence-electron chi connectivity index (χ3n) is 10.2. The average molecular weight is 720 g/mol. The minimum Gasteiger partial charge on any atom is -0.456 e. The summed E-state index contributed by atoms with van der Waals surface area (Å²) < 4.78 is 12.9. The van der Waals surface area contributed by atoms with Crippen LogP contribution in [-0.4, -0.2) is 24.9 Å². The van der Waals surface area contributed by atoms with E-state index in [0.717, 1.165) is 83.1 Å². The van der Waals surface area contributed by atoms with E-state index < -0.39 is 0 Å². The lowest BCUT2D eigenvalue weighted by atomic mass is 10.00. The van der Waals surface area contributed by atoms with Gasteiger partial charge in [0, 0.05) is 44.0 Å². The van der Waals surface area contributed by atoms with Gasteiger partial charge in [0.25, 0.3) is 0 Å². The summed E-state index contributed by atoms with van der Waals surface area (Å²) in [5, 5.41) is 2.89. The summed E-state index contributed by atoms with van der Waals surface area (Å²) >= 11 is 0. The number of hydrogen-bond acceptors (Lipinski definition) is 7. The third kappa shape index (κ3) is 5.41. The fraction of sp³-hybridized carbons (Fsp3) is 0. The molecule has 0 aliphatic rings. The number of para-hydroxylation sites is 1. The molecular formula is C49H29N5O2. The molecule has 0 fully saturated rings. The van der Waals surface area contributed by atoms with Crippen molar-refractivity contribution in [3.63, 3.8) is 0 Å². The molecule has 7 aromatic carbocycles. The van der Waals surface area contributed by atoms with Crippen LogP contribution in [0.3, 0.4) is 0 Å². The quantitative estimate of drug-likeness (QED) is 0.169. The first-order chi connectivity index (χ1) is 27.7. The van der Waals surface area contributed by atoms with Crippen molar-refractivity contribution in [1.82, 2.24) is 24.9 Å². The molecule has 0 saturated carbocycles. The standard InChI is InChI=1S/C49H29N5O2/c1-4-14-30(15-5-1)43-45-44(37-22-10-11-24-39(37)56-45)51-48(50-43)35-21-12-20-33(28-35)34-26-27-36-41(29-34)55-40-25-13-23-38(42(36)40)49-53-46(31-16-6-2-7-17-31)52-47(54-49)32-18-8-3-9-19-32/h1-29H. The van der Waals surface area contributed by atoms with Crippen molar-refractivity contribution in [2.45, 2.75) is 0 Å². The molecule has 262 valence electrons. The number of furan rings is 2. The van der Waals surface area contributed by atoms with E-state index in [-0.39, 0.29) is 0 Å². The highest BCUT2D eigenvalue weighted by Gasteiger charge is 2.20. The topological polar surface area (TPSA) is 90.7 Å². The molecular weight excluding hydrogens is 691 g/mol. The summed E-state index contributed by atoms with van der Waals surface area (Å²) in [6.45, 7) is 0. The molecule has 0 spiro atoms. The highest BCUT2D eigenvalue weighted by atomic mass is 16.3. The lowest BCUT2D eigenvalue weighted by Crippen LogP contribution is -2.00. The maximum absolute atomic E-state index is 6.56. The van der Waals surface area contributed by atoms with E-state index >= 15 is 0 Å². The van der Waals surface area contributed by atoms with Crippen LogP contribution in [0.4, 0.5) is 0 Å². The second kappa shape index (κ2) is 13.0. The summed E-state index contributed by atoms with van der Waals surface area (Å²) in [6, 6.07) is 58.9. The molecule has 11 aromatic rings. The first-order valence-electron chi connectivity index (χ1n) is 18.4. The monoisotopic (exact) mass is 719 g/mol. The van der Waals surface area contributed by atoms with Crippen LogP contribution in [0.1, 0.15) is 0 Å². The van der Waals surface area contributed by atoms with E-state index in [0.29, 0.717) is 28.9 Å². The second-order valence-electron chi connectivity index (χ2n) is 13.6. The molecule has 56 heavy (non-hydrogen) atoms. The largest absolute Gasteiger partial charge is 0.456 e. The van der Waals surface area contributed by atoms with Gasteiger partial charge in [-0.3, -0.25) is 0 Å². The van der Waals surface area contributed by atoms with Gasteiger partial charge in [-0.25, -0.2) is 24.9 Å². The van der Waals surface area contributed by atoms with Gasteiger partial charge in [0.2, 0.25) is 0 Å². The predicted molar refractivity (Wildman–Crippen MR) is 223 cm³/mol. The lowest BCUT2D eigenvalue weighted by Gasteiger charge is -2.09. The summed E-state index contributed by atoms with van der Waals surface area (Å²) in [4.78, 5) is 25.1. The minimum atomic E-state index is 0.583. The Morgan fingerprint density at radius 3 is 1.64 bits per heavy atom. The van der Waals surface area contributed by atoms with Crippen molar-refractivity contribution in [3.8, 4) is 67.9 Å². The van der Waals surface area contributed by atoms with Crippen LogP contribution < -0.4 is 0 Å². The van der Waals surface area contributed by atoms with Gasteiger partial charge < -0.3 is 8.83 Å². The molecule has 0 atom stereocenters. The average Bonchev–Trinajstić information content (AvgIpc) is 3.85. The fourth-order valence-corrected chi connectivity index (χ4v) is 7.47. The third-order valence-corrected chi connectivity index (χ3v) is 10.2. The van der Waals surface area contributed by atoms with Gasteiger partial charge in [0.15, 0.2) is 28.9 Å². The summed E-state index contributed by atoms with van der Waals surface area (Å²) in [6.07, 6.45) is 0. The Hall–Kier alpha value is -7.77. The Kier molecular flexibility index (Phi) is 7.35. The number of nitrogens with zero attached hydrogens (tertiary/aromatic N) is 5. The Morgan fingerprint density at radius 2 is 0.893 bits per heavy atom. The van der Waals surface area contributed by atoms with Crippen LogP contribution in [0.2, 0.25) is 0 Å². The minimum absolute atomic E-state index is 0.583. The van der Waals surface area contributed by atoms with E-state index in [1.54, 1.807) is 0 Å². The van der Waals surface area contributed by atoms with Gasteiger partial charge in [-0.2, -0.15) is 0 Å². The van der Waals surface area contributed by atoms with Crippen LogP contribution in [0.5, 0.6) is 0 Å². The Morgan fingerprint density at radius 1 is 0.321 bits per heavy atom. The Bertz CT molecular complexity index is 3190. The molecule has 0 saturated heterocycles. The molecule has 0 radical (unpaired) electrons. The van der Waals surface area contributed by atoms with Crippen LogP contribution in [0.25, 0.3) is 112 Å². The van der Waals surface area contributed by atoms with Crippen molar-refractivity contribution in [1.29, 1.82) is 0 Å². The summed E-state index contributed by atoms with van der Waals surface area (Å²) in [7, 11) is 0. The maximum atomic E-state index is 6.56. The maximum Gasteiger partial charge on any atom is 0.180 e. The van der Waals surface area contributed by atoms with Gasteiger partial charge in [-0.05, 0) is 47.5 Å². The molecule has 0 N–H and O–H groups in total. The first kappa shape index (κ1) is 31.7.